The van der Waals surface area contributed by atoms with E-state index in [2.05, 4.69) is 16.7 Å². The first-order valence-electron chi connectivity index (χ1n) is 10.6. The van der Waals surface area contributed by atoms with Crippen molar-refractivity contribution >= 4 is 28.6 Å². The summed E-state index contributed by atoms with van der Waals surface area (Å²) < 4.78 is 0. The zero-order valence-electron chi connectivity index (χ0n) is 17.6. The molecule has 0 unspecified atom stereocenters. The third kappa shape index (κ3) is 4.70. The molecule has 30 heavy (non-hydrogen) atoms. The number of anilines is 2. The molecule has 0 saturated heterocycles. The van der Waals surface area contributed by atoms with Gasteiger partial charge in [0.15, 0.2) is 0 Å². The quantitative estimate of drug-likeness (QED) is 0.649. The molecule has 0 bridgehead atoms. The summed E-state index contributed by atoms with van der Waals surface area (Å²) in [5.74, 6) is 2.15. The van der Waals surface area contributed by atoms with Crippen LogP contribution >= 0.6 is 0 Å². The van der Waals surface area contributed by atoms with Crippen molar-refractivity contribution in [2.75, 3.05) is 30.9 Å². The lowest BCUT2D eigenvalue weighted by molar-refractivity contribution is 0.0943. The Labute approximate surface area is 177 Å². The Bertz CT molecular complexity index is 997. The number of nitrogens with one attached hydrogen (secondary N) is 2. The highest BCUT2D eigenvalue weighted by atomic mass is 16.1. The predicted octanol–water partition coefficient (Wildman–Crippen LogP) is 4.10. The van der Waals surface area contributed by atoms with Crippen LogP contribution in [0.15, 0.2) is 54.6 Å². The van der Waals surface area contributed by atoms with Gasteiger partial charge >= 0.3 is 0 Å². The van der Waals surface area contributed by atoms with E-state index in [1.807, 2.05) is 67.5 Å². The van der Waals surface area contributed by atoms with Gasteiger partial charge in [0.25, 0.3) is 5.91 Å². The minimum absolute atomic E-state index is 0.0108. The fourth-order valence-electron chi connectivity index (χ4n) is 4.09. The van der Waals surface area contributed by atoms with Gasteiger partial charge in [-0.2, -0.15) is 4.98 Å². The highest BCUT2D eigenvalue weighted by Gasteiger charge is 2.23. The van der Waals surface area contributed by atoms with Crippen LogP contribution in [0.5, 0.6) is 0 Å². The molecule has 2 N–H and O–H groups in total. The van der Waals surface area contributed by atoms with E-state index in [0.29, 0.717) is 17.9 Å². The second-order valence-electron chi connectivity index (χ2n) is 8.22. The number of rotatable bonds is 6. The number of carbonyl (C=O) groups is 1. The summed E-state index contributed by atoms with van der Waals surface area (Å²) in [6.07, 6.45) is 4.28. The van der Waals surface area contributed by atoms with Gasteiger partial charge in [-0.05, 0) is 55.9 Å². The lowest BCUT2D eigenvalue weighted by Gasteiger charge is -2.29. The minimum atomic E-state index is 0.0108. The topological polar surface area (TPSA) is 70.2 Å². The molecule has 1 fully saturated rings. The summed E-state index contributed by atoms with van der Waals surface area (Å²) >= 11 is 0. The van der Waals surface area contributed by atoms with E-state index in [1.165, 1.54) is 0 Å². The van der Waals surface area contributed by atoms with Gasteiger partial charge < -0.3 is 15.5 Å². The van der Waals surface area contributed by atoms with Gasteiger partial charge in [0.2, 0.25) is 5.95 Å². The molecule has 0 spiro atoms. The molecule has 1 aliphatic rings. The number of carbonyl (C=O) groups excluding carboxylic acids is 1. The van der Waals surface area contributed by atoms with Crippen molar-refractivity contribution < 1.29 is 4.79 Å². The fourth-order valence-corrected chi connectivity index (χ4v) is 4.09. The first kappa shape index (κ1) is 20.1. The normalized spacial score (nSPS) is 18.7. The van der Waals surface area contributed by atoms with Crippen LogP contribution < -0.4 is 15.5 Å². The van der Waals surface area contributed by atoms with E-state index < -0.39 is 0 Å². The number of aromatic nitrogens is 2. The average molecular weight is 404 g/mol. The fraction of sp³-hybridized carbons (Fsp3) is 0.375. The minimum Gasteiger partial charge on any atom is -0.362 e. The van der Waals surface area contributed by atoms with E-state index in [1.54, 1.807) is 0 Å². The van der Waals surface area contributed by atoms with Crippen molar-refractivity contribution in [3.05, 3.63) is 60.2 Å². The molecule has 6 nitrogen and oxygen atoms in total. The maximum atomic E-state index is 12.2. The maximum Gasteiger partial charge on any atom is 0.251 e. The van der Waals surface area contributed by atoms with Crippen LogP contribution in [0.3, 0.4) is 0 Å². The lowest BCUT2D eigenvalue weighted by Crippen LogP contribution is -2.34. The van der Waals surface area contributed by atoms with Crippen LogP contribution in [0.1, 0.15) is 36.0 Å². The standard InChI is InChI=1S/C24H29N5O/c1-29(2)22-20-10-6-7-11-21(20)27-24(28-22)26-19-14-12-17(13-15-19)16-25-23(30)18-8-4-3-5-9-18/h3-11,17,19H,12-16H2,1-2H3,(H,25,30)(H,26,27,28). The van der Waals surface area contributed by atoms with E-state index in [-0.39, 0.29) is 5.91 Å². The molecule has 3 aromatic rings. The molecule has 1 amide bonds. The third-order valence-electron chi connectivity index (χ3n) is 5.77. The highest BCUT2D eigenvalue weighted by molar-refractivity contribution is 5.94. The summed E-state index contributed by atoms with van der Waals surface area (Å²) in [4.78, 5) is 23.7. The van der Waals surface area contributed by atoms with Gasteiger partial charge in [-0.3, -0.25) is 4.79 Å². The van der Waals surface area contributed by atoms with Crippen molar-refractivity contribution in [2.45, 2.75) is 31.7 Å². The smallest absolute Gasteiger partial charge is 0.251 e. The van der Waals surface area contributed by atoms with Crippen LogP contribution in [0.25, 0.3) is 10.9 Å². The van der Waals surface area contributed by atoms with Gasteiger partial charge in [-0.25, -0.2) is 4.98 Å². The molecule has 1 heterocycles. The Kier molecular flexibility index (Phi) is 6.12. The van der Waals surface area contributed by atoms with Gasteiger partial charge in [0.1, 0.15) is 5.82 Å². The zero-order chi connectivity index (χ0) is 20.9. The van der Waals surface area contributed by atoms with Crippen LogP contribution in [0.4, 0.5) is 11.8 Å². The van der Waals surface area contributed by atoms with Crippen molar-refractivity contribution in [3.8, 4) is 0 Å². The summed E-state index contributed by atoms with van der Waals surface area (Å²) in [5, 5.41) is 7.69. The SMILES string of the molecule is CN(C)c1nc(NC2CCC(CNC(=O)c3ccccc3)CC2)nc2ccccc12. The van der Waals surface area contributed by atoms with Crippen molar-refractivity contribution in [1.29, 1.82) is 0 Å². The molecule has 0 aliphatic heterocycles. The van der Waals surface area contributed by atoms with E-state index in [4.69, 9.17) is 9.97 Å². The van der Waals surface area contributed by atoms with Gasteiger partial charge in [-0.15, -0.1) is 0 Å². The summed E-state index contributed by atoms with van der Waals surface area (Å²) in [7, 11) is 4.01. The number of benzene rings is 2. The van der Waals surface area contributed by atoms with Gasteiger partial charge in [0, 0.05) is 37.6 Å². The third-order valence-corrected chi connectivity index (χ3v) is 5.77. The first-order valence-corrected chi connectivity index (χ1v) is 10.6. The number of hydrogen-bond donors (Lipinski definition) is 2. The number of fused-ring (bicyclic) bond motifs is 1. The molecule has 1 aromatic heterocycles. The maximum absolute atomic E-state index is 12.2. The second-order valence-corrected chi connectivity index (χ2v) is 8.22. The summed E-state index contributed by atoms with van der Waals surface area (Å²) in [6, 6.07) is 17.9. The Morgan fingerprint density at radius 1 is 0.967 bits per heavy atom. The molecule has 156 valence electrons. The van der Waals surface area contributed by atoms with E-state index in [9.17, 15) is 4.79 Å². The molecule has 1 aliphatic carbocycles. The molecular weight excluding hydrogens is 374 g/mol. The molecule has 4 rings (SSSR count). The molecular formula is C24H29N5O. The van der Waals surface area contributed by atoms with Crippen LogP contribution in [0, 0.1) is 5.92 Å². The monoisotopic (exact) mass is 403 g/mol. The Balaban J connectivity index is 1.32. The van der Waals surface area contributed by atoms with Crippen molar-refractivity contribution in [1.82, 2.24) is 15.3 Å². The number of hydrogen-bond acceptors (Lipinski definition) is 5. The van der Waals surface area contributed by atoms with E-state index in [0.717, 1.165) is 54.5 Å². The molecule has 1 saturated carbocycles. The Hall–Kier alpha value is -3.15. The Morgan fingerprint density at radius 3 is 2.40 bits per heavy atom. The molecule has 0 atom stereocenters. The summed E-state index contributed by atoms with van der Waals surface area (Å²) in [5.41, 5.74) is 1.68. The summed E-state index contributed by atoms with van der Waals surface area (Å²) in [6.45, 7) is 0.734. The average Bonchev–Trinajstić information content (AvgIpc) is 2.78. The number of para-hydroxylation sites is 1. The predicted molar refractivity (Wildman–Crippen MR) is 122 cm³/mol. The number of nitrogens with zero attached hydrogens (tertiary/aromatic N) is 3. The molecule has 6 heteroatoms. The van der Waals surface area contributed by atoms with Crippen LogP contribution in [-0.2, 0) is 0 Å². The lowest BCUT2D eigenvalue weighted by atomic mass is 9.86. The van der Waals surface area contributed by atoms with Crippen molar-refractivity contribution in [2.24, 2.45) is 5.92 Å². The van der Waals surface area contributed by atoms with Gasteiger partial charge in [0.05, 0.1) is 5.52 Å². The van der Waals surface area contributed by atoms with Crippen molar-refractivity contribution in [3.63, 3.8) is 0 Å². The number of amides is 1. The highest BCUT2D eigenvalue weighted by Crippen LogP contribution is 2.28. The second kappa shape index (κ2) is 9.11. The van der Waals surface area contributed by atoms with Crippen LogP contribution in [-0.4, -0.2) is 42.6 Å². The molecule has 0 radical (unpaired) electrons. The zero-order valence-corrected chi connectivity index (χ0v) is 17.6. The van der Waals surface area contributed by atoms with Gasteiger partial charge in [-0.1, -0.05) is 30.3 Å². The van der Waals surface area contributed by atoms with Crippen LogP contribution in [0.2, 0.25) is 0 Å². The molecule has 2 aromatic carbocycles. The first-order chi connectivity index (χ1) is 14.6. The van der Waals surface area contributed by atoms with E-state index >= 15 is 0 Å². The largest absolute Gasteiger partial charge is 0.362 e. The Morgan fingerprint density at radius 2 is 1.67 bits per heavy atom.